The molecule has 1 amide bonds. The van der Waals surface area contributed by atoms with Crippen LogP contribution in [0.5, 0.6) is 0 Å². The van der Waals surface area contributed by atoms with E-state index in [1.54, 1.807) is 0 Å². The fourth-order valence-corrected chi connectivity index (χ4v) is 1.19. The van der Waals surface area contributed by atoms with Gasteiger partial charge in [-0.05, 0) is 19.8 Å². The van der Waals surface area contributed by atoms with E-state index in [-0.39, 0.29) is 5.54 Å². The molecule has 0 saturated carbocycles. The van der Waals surface area contributed by atoms with Crippen LogP contribution in [0.25, 0.3) is 0 Å². The first-order valence-corrected chi connectivity index (χ1v) is 3.56. The maximum absolute atomic E-state index is 10.1. The average molecular weight is 143 g/mol. The van der Waals surface area contributed by atoms with E-state index in [0.29, 0.717) is 6.61 Å². The molecule has 58 valence electrons. The molecule has 1 fully saturated rings. The number of hydrogen-bond acceptors (Lipinski definition) is 2. The summed E-state index contributed by atoms with van der Waals surface area (Å²) in [5.74, 6) is 0. The van der Waals surface area contributed by atoms with Gasteiger partial charge in [-0.2, -0.15) is 0 Å². The number of nitrogens with one attached hydrogen (secondary N) is 1. The van der Waals surface area contributed by atoms with Gasteiger partial charge < -0.3 is 10.1 Å². The van der Waals surface area contributed by atoms with Crippen LogP contribution in [-0.2, 0) is 9.53 Å². The highest BCUT2D eigenvalue weighted by atomic mass is 16.5. The van der Waals surface area contributed by atoms with Gasteiger partial charge in [-0.3, -0.25) is 4.79 Å². The highest BCUT2D eigenvalue weighted by Gasteiger charge is 2.26. The Hall–Kier alpha value is -0.570. The Morgan fingerprint density at radius 2 is 2.50 bits per heavy atom. The van der Waals surface area contributed by atoms with Gasteiger partial charge in [-0.25, -0.2) is 0 Å². The Labute approximate surface area is 60.7 Å². The molecule has 1 N–H and O–H groups in total. The second-order valence-electron chi connectivity index (χ2n) is 2.98. The Kier molecular flexibility index (Phi) is 2.27. The van der Waals surface area contributed by atoms with Crippen molar-refractivity contribution in [2.75, 3.05) is 13.2 Å². The summed E-state index contributed by atoms with van der Waals surface area (Å²) in [5, 5.41) is 2.76. The average Bonchev–Trinajstić information content (AvgIpc) is 1.89. The van der Waals surface area contributed by atoms with E-state index < -0.39 is 0 Å². The molecule has 0 aromatic carbocycles. The monoisotopic (exact) mass is 143 g/mol. The SMILES string of the molecule is CC1(NC=O)CCCOC1. The lowest BCUT2D eigenvalue weighted by Gasteiger charge is -2.32. The van der Waals surface area contributed by atoms with Crippen molar-refractivity contribution >= 4 is 6.41 Å². The zero-order valence-corrected chi connectivity index (χ0v) is 6.22. The Balaban J connectivity index is 2.39. The van der Waals surface area contributed by atoms with Gasteiger partial charge in [0.1, 0.15) is 0 Å². The molecule has 1 rings (SSSR count). The minimum absolute atomic E-state index is 0.111. The first kappa shape index (κ1) is 7.54. The van der Waals surface area contributed by atoms with Gasteiger partial charge in [0.25, 0.3) is 0 Å². The Bertz CT molecular complexity index is 119. The molecule has 1 aliphatic rings. The second-order valence-corrected chi connectivity index (χ2v) is 2.98. The molecule has 0 spiro atoms. The van der Waals surface area contributed by atoms with E-state index in [1.165, 1.54) is 0 Å². The van der Waals surface area contributed by atoms with Gasteiger partial charge in [-0.15, -0.1) is 0 Å². The second kappa shape index (κ2) is 3.01. The molecule has 0 aromatic heterocycles. The molecule has 0 radical (unpaired) electrons. The number of amides is 1. The van der Waals surface area contributed by atoms with Crippen molar-refractivity contribution in [2.24, 2.45) is 0 Å². The van der Waals surface area contributed by atoms with E-state index >= 15 is 0 Å². The van der Waals surface area contributed by atoms with E-state index in [0.717, 1.165) is 25.9 Å². The maximum atomic E-state index is 10.1. The van der Waals surface area contributed by atoms with E-state index in [9.17, 15) is 4.79 Å². The van der Waals surface area contributed by atoms with Crippen molar-refractivity contribution in [1.82, 2.24) is 5.32 Å². The molecule has 0 aliphatic carbocycles. The summed E-state index contributed by atoms with van der Waals surface area (Å²) >= 11 is 0. The highest BCUT2D eigenvalue weighted by molar-refractivity contribution is 5.47. The van der Waals surface area contributed by atoms with Crippen LogP contribution < -0.4 is 5.32 Å². The standard InChI is InChI=1S/C7H13NO2/c1-7(8-6-9)3-2-4-10-5-7/h6H,2-5H2,1H3,(H,8,9). The van der Waals surface area contributed by atoms with Crippen LogP contribution in [0.3, 0.4) is 0 Å². The molecule has 1 saturated heterocycles. The lowest BCUT2D eigenvalue weighted by atomic mass is 9.95. The molecule has 1 unspecified atom stereocenters. The number of rotatable bonds is 2. The van der Waals surface area contributed by atoms with E-state index in [4.69, 9.17) is 4.74 Å². The summed E-state index contributed by atoms with van der Waals surface area (Å²) in [5.41, 5.74) is -0.111. The molecule has 1 heterocycles. The van der Waals surface area contributed by atoms with Gasteiger partial charge in [-0.1, -0.05) is 0 Å². The minimum Gasteiger partial charge on any atom is -0.379 e. The summed E-state index contributed by atoms with van der Waals surface area (Å²) in [6.07, 6.45) is 2.80. The van der Waals surface area contributed by atoms with Gasteiger partial charge in [0.15, 0.2) is 0 Å². The first-order chi connectivity index (χ1) is 4.77. The number of carbonyl (C=O) groups excluding carboxylic acids is 1. The quantitative estimate of drug-likeness (QED) is 0.565. The predicted molar refractivity (Wildman–Crippen MR) is 37.7 cm³/mol. The van der Waals surface area contributed by atoms with Crippen molar-refractivity contribution < 1.29 is 9.53 Å². The van der Waals surface area contributed by atoms with E-state index in [2.05, 4.69) is 5.32 Å². The molecule has 1 aliphatic heterocycles. The third-order valence-corrected chi connectivity index (χ3v) is 1.85. The zero-order chi connectivity index (χ0) is 7.45. The fourth-order valence-electron chi connectivity index (χ4n) is 1.19. The van der Waals surface area contributed by atoms with Gasteiger partial charge in [0, 0.05) is 6.61 Å². The largest absolute Gasteiger partial charge is 0.379 e. The van der Waals surface area contributed by atoms with Crippen molar-refractivity contribution in [3.8, 4) is 0 Å². The smallest absolute Gasteiger partial charge is 0.207 e. The van der Waals surface area contributed by atoms with Crippen LogP contribution in [0.15, 0.2) is 0 Å². The molecule has 0 aromatic rings. The maximum Gasteiger partial charge on any atom is 0.207 e. The number of carbonyl (C=O) groups is 1. The van der Waals surface area contributed by atoms with Crippen LogP contribution >= 0.6 is 0 Å². The van der Waals surface area contributed by atoms with Crippen LogP contribution in [0.2, 0.25) is 0 Å². The van der Waals surface area contributed by atoms with Gasteiger partial charge >= 0.3 is 0 Å². The molecule has 1 atom stereocenters. The Morgan fingerprint density at radius 1 is 1.70 bits per heavy atom. The van der Waals surface area contributed by atoms with E-state index in [1.807, 2.05) is 6.92 Å². The number of hydrogen-bond donors (Lipinski definition) is 1. The molecule has 0 bridgehead atoms. The fraction of sp³-hybridized carbons (Fsp3) is 0.857. The molecule has 3 nitrogen and oxygen atoms in total. The predicted octanol–water partition coefficient (Wildman–Crippen LogP) is 0.302. The van der Waals surface area contributed by atoms with Crippen molar-refractivity contribution in [1.29, 1.82) is 0 Å². The van der Waals surface area contributed by atoms with Crippen molar-refractivity contribution in [3.05, 3.63) is 0 Å². The summed E-state index contributed by atoms with van der Waals surface area (Å²) in [6.45, 7) is 3.47. The summed E-state index contributed by atoms with van der Waals surface area (Å²) in [7, 11) is 0. The van der Waals surface area contributed by atoms with Crippen LogP contribution in [0, 0.1) is 0 Å². The molecule has 10 heavy (non-hydrogen) atoms. The summed E-state index contributed by atoms with van der Waals surface area (Å²) in [6, 6.07) is 0. The highest BCUT2D eigenvalue weighted by Crippen LogP contribution is 2.16. The van der Waals surface area contributed by atoms with Crippen LogP contribution in [-0.4, -0.2) is 25.2 Å². The van der Waals surface area contributed by atoms with Gasteiger partial charge in [0.05, 0.1) is 12.1 Å². The summed E-state index contributed by atoms with van der Waals surface area (Å²) in [4.78, 5) is 10.1. The first-order valence-electron chi connectivity index (χ1n) is 3.56. The van der Waals surface area contributed by atoms with Crippen LogP contribution in [0.1, 0.15) is 19.8 Å². The topological polar surface area (TPSA) is 38.3 Å². The van der Waals surface area contributed by atoms with Crippen molar-refractivity contribution in [3.63, 3.8) is 0 Å². The Morgan fingerprint density at radius 3 is 3.00 bits per heavy atom. The minimum atomic E-state index is -0.111. The zero-order valence-electron chi connectivity index (χ0n) is 6.22. The normalized spacial score (nSPS) is 33.3. The number of ether oxygens (including phenoxy) is 1. The molecular weight excluding hydrogens is 130 g/mol. The van der Waals surface area contributed by atoms with Crippen LogP contribution in [0.4, 0.5) is 0 Å². The third-order valence-electron chi connectivity index (χ3n) is 1.85. The van der Waals surface area contributed by atoms with Gasteiger partial charge in [0.2, 0.25) is 6.41 Å². The third kappa shape index (κ3) is 1.70. The lowest BCUT2D eigenvalue weighted by molar-refractivity contribution is -0.112. The molecular formula is C7H13NO2. The van der Waals surface area contributed by atoms with Crippen molar-refractivity contribution in [2.45, 2.75) is 25.3 Å². The molecule has 3 heteroatoms. The summed E-state index contributed by atoms with van der Waals surface area (Å²) < 4.78 is 5.22. The lowest BCUT2D eigenvalue weighted by Crippen LogP contribution is -2.48.